The Morgan fingerprint density at radius 2 is 2.00 bits per heavy atom. The number of aromatic nitrogens is 2. The van der Waals surface area contributed by atoms with Gasteiger partial charge in [0, 0.05) is 19.2 Å². The quantitative estimate of drug-likeness (QED) is 0.750. The lowest BCUT2D eigenvalue weighted by Crippen LogP contribution is -2.09. The predicted octanol–water partition coefficient (Wildman–Crippen LogP) is 2.38. The van der Waals surface area contributed by atoms with Crippen LogP contribution in [0.5, 0.6) is 0 Å². The van der Waals surface area contributed by atoms with Crippen LogP contribution in [0.25, 0.3) is 0 Å². The van der Waals surface area contributed by atoms with Crippen molar-refractivity contribution < 1.29 is 8.83 Å². The van der Waals surface area contributed by atoms with Crippen molar-refractivity contribution in [3.05, 3.63) is 29.5 Å². The van der Waals surface area contributed by atoms with Gasteiger partial charge in [-0.1, -0.05) is 5.10 Å². The standard InChI is InChI=1S/C13H20N4O2S/c1-10-15-16-13(18-10)14-6-7-20-9-12-5-4-11(19-12)8-17(2)3/h4-5H,6-9H2,1-3H3,(H,14,16). The molecule has 6 nitrogen and oxygen atoms in total. The number of anilines is 1. The fourth-order valence-electron chi connectivity index (χ4n) is 1.67. The summed E-state index contributed by atoms with van der Waals surface area (Å²) >= 11 is 1.80. The molecule has 20 heavy (non-hydrogen) atoms. The lowest BCUT2D eigenvalue weighted by molar-refractivity contribution is 0.344. The van der Waals surface area contributed by atoms with Gasteiger partial charge in [-0.25, -0.2) is 0 Å². The van der Waals surface area contributed by atoms with Gasteiger partial charge in [0.25, 0.3) is 0 Å². The van der Waals surface area contributed by atoms with Gasteiger partial charge in [0.1, 0.15) is 11.5 Å². The first kappa shape index (κ1) is 14.9. The van der Waals surface area contributed by atoms with Gasteiger partial charge in [-0.05, 0) is 26.2 Å². The minimum absolute atomic E-state index is 0.481. The monoisotopic (exact) mass is 296 g/mol. The number of nitrogens with one attached hydrogen (secondary N) is 1. The van der Waals surface area contributed by atoms with E-state index in [-0.39, 0.29) is 0 Å². The number of thioether (sulfide) groups is 1. The van der Waals surface area contributed by atoms with E-state index in [1.165, 1.54) is 0 Å². The van der Waals surface area contributed by atoms with Gasteiger partial charge in [0.15, 0.2) is 0 Å². The predicted molar refractivity (Wildman–Crippen MR) is 79.8 cm³/mol. The molecular formula is C13H20N4O2S. The highest BCUT2D eigenvalue weighted by Gasteiger charge is 2.04. The van der Waals surface area contributed by atoms with Crippen LogP contribution in [0.3, 0.4) is 0 Å². The summed E-state index contributed by atoms with van der Waals surface area (Å²) in [5.41, 5.74) is 0. The molecule has 0 aromatic carbocycles. The van der Waals surface area contributed by atoms with Crippen LogP contribution in [0.4, 0.5) is 6.01 Å². The molecule has 110 valence electrons. The van der Waals surface area contributed by atoms with Crippen molar-refractivity contribution in [3.63, 3.8) is 0 Å². The summed E-state index contributed by atoms with van der Waals surface area (Å²) in [6, 6.07) is 4.56. The number of nitrogens with zero attached hydrogens (tertiary/aromatic N) is 3. The zero-order chi connectivity index (χ0) is 14.4. The molecular weight excluding hydrogens is 276 g/mol. The highest BCUT2D eigenvalue weighted by molar-refractivity contribution is 7.98. The Morgan fingerprint density at radius 3 is 2.70 bits per heavy atom. The molecule has 0 unspecified atom stereocenters. The minimum atomic E-state index is 0.481. The molecule has 2 aromatic heterocycles. The molecule has 0 bridgehead atoms. The highest BCUT2D eigenvalue weighted by Crippen LogP contribution is 2.16. The zero-order valence-corrected chi connectivity index (χ0v) is 12.9. The van der Waals surface area contributed by atoms with Gasteiger partial charge in [0.2, 0.25) is 5.89 Å². The van der Waals surface area contributed by atoms with E-state index in [2.05, 4.69) is 20.4 Å². The van der Waals surface area contributed by atoms with Crippen LogP contribution in [0.15, 0.2) is 21.0 Å². The van der Waals surface area contributed by atoms with Crippen molar-refractivity contribution in [3.8, 4) is 0 Å². The van der Waals surface area contributed by atoms with Crippen molar-refractivity contribution >= 4 is 17.8 Å². The van der Waals surface area contributed by atoms with E-state index in [9.17, 15) is 0 Å². The number of hydrogen-bond donors (Lipinski definition) is 1. The third-order valence-corrected chi connectivity index (χ3v) is 3.46. The molecule has 0 saturated carbocycles. The van der Waals surface area contributed by atoms with E-state index in [0.717, 1.165) is 36.1 Å². The molecule has 2 rings (SSSR count). The molecule has 1 N–H and O–H groups in total. The van der Waals surface area contributed by atoms with Crippen molar-refractivity contribution in [1.82, 2.24) is 15.1 Å². The summed E-state index contributed by atoms with van der Waals surface area (Å²) in [5.74, 6) is 4.41. The number of rotatable bonds is 8. The molecule has 2 heterocycles. The Bertz CT molecular complexity index is 524. The molecule has 0 aliphatic carbocycles. The van der Waals surface area contributed by atoms with E-state index in [1.807, 2.05) is 26.2 Å². The Balaban J connectivity index is 1.62. The van der Waals surface area contributed by atoms with Gasteiger partial charge in [-0.3, -0.25) is 0 Å². The van der Waals surface area contributed by atoms with Gasteiger partial charge in [-0.15, -0.1) is 5.10 Å². The molecule has 0 radical (unpaired) electrons. The van der Waals surface area contributed by atoms with E-state index in [0.29, 0.717) is 11.9 Å². The molecule has 7 heteroatoms. The van der Waals surface area contributed by atoms with Crippen LogP contribution >= 0.6 is 11.8 Å². The number of furan rings is 1. The summed E-state index contributed by atoms with van der Waals surface area (Å²) in [5, 5.41) is 10.7. The second-order valence-corrected chi connectivity index (χ2v) is 5.82. The van der Waals surface area contributed by atoms with Crippen molar-refractivity contribution in [2.75, 3.05) is 31.7 Å². The fourth-order valence-corrected chi connectivity index (χ4v) is 2.41. The smallest absolute Gasteiger partial charge is 0.315 e. The Morgan fingerprint density at radius 1 is 1.20 bits per heavy atom. The molecule has 2 aromatic rings. The third-order valence-electron chi connectivity index (χ3n) is 2.48. The fraction of sp³-hybridized carbons (Fsp3) is 0.538. The summed E-state index contributed by atoms with van der Waals surface area (Å²) in [6.07, 6.45) is 0. The van der Waals surface area contributed by atoms with E-state index in [4.69, 9.17) is 8.83 Å². The third kappa shape index (κ3) is 4.90. The van der Waals surface area contributed by atoms with Crippen LogP contribution in [-0.2, 0) is 12.3 Å². The second-order valence-electron chi connectivity index (χ2n) is 4.71. The minimum Gasteiger partial charge on any atom is -0.464 e. The van der Waals surface area contributed by atoms with Crippen molar-refractivity contribution in [2.24, 2.45) is 0 Å². The topological polar surface area (TPSA) is 67.3 Å². The molecule has 0 aliphatic heterocycles. The van der Waals surface area contributed by atoms with Crippen LogP contribution < -0.4 is 5.32 Å². The molecule has 0 saturated heterocycles. The maximum Gasteiger partial charge on any atom is 0.315 e. The molecule has 0 atom stereocenters. The van der Waals surface area contributed by atoms with Crippen LogP contribution in [0.2, 0.25) is 0 Å². The summed E-state index contributed by atoms with van der Waals surface area (Å²) in [6.45, 7) is 3.40. The van der Waals surface area contributed by atoms with Crippen molar-refractivity contribution in [1.29, 1.82) is 0 Å². The van der Waals surface area contributed by atoms with Gasteiger partial charge < -0.3 is 19.1 Å². The lowest BCUT2D eigenvalue weighted by atomic mass is 10.4. The van der Waals surface area contributed by atoms with E-state index >= 15 is 0 Å². The number of aryl methyl sites for hydroxylation is 1. The number of hydrogen-bond acceptors (Lipinski definition) is 7. The average Bonchev–Trinajstić information content (AvgIpc) is 2.98. The Labute approximate surface area is 122 Å². The first-order chi connectivity index (χ1) is 9.63. The van der Waals surface area contributed by atoms with Gasteiger partial charge in [0.05, 0.1) is 12.3 Å². The molecule has 0 fully saturated rings. The van der Waals surface area contributed by atoms with Gasteiger partial charge >= 0.3 is 6.01 Å². The summed E-state index contributed by atoms with van der Waals surface area (Å²) in [7, 11) is 4.06. The van der Waals surface area contributed by atoms with Gasteiger partial charge in [-0.2, -0.15) is 11.8 Å². The highest BCUT2D eigenvalue weighted by atomic mass is 32.2. The van der Waals surface area contributed by atoms with E-state index in [1.54, 1.807) is 18.7 Å². The van der Waals surface area contributed by atoms with Crippen molar-refractivity contribution in [2.45, 2.75) is 19.2 Å². The summed E-state index contributed by atoms with van der Waals surface area (Å²) in [4.78, 5) is 2.09. The SMILES string of the molecule is Cc1nnc(NCCSCc2ccc(CN(C)C)o2)o1. The Kier molecular flexibility index (Phi) is 5.49. The lowest BCUT2D eigenvalue weighted by Gasteiger charge is -2.05. The largest absolute Gasteiger partial charge is 0.464 e. The maximum absolute atomic E-state index is 5.74. The normalized spacial score (nSPS) is 11.2. The van der Waals surface area contributed by atoms with E-state index < -0.39 is 0 Å². The van der Waals surface area contributed by atoms with Crippen LogP contribution in [-0.4, -0.2) is 41.5 Å². The summed E-state index contributed by atoms with van der Waals surface area (Å²) < 4.78 is 11.0. The van der Waals surface area contributed by atoms with Crippen LogP contribution in [0.1, 0.15) is 17.4 Å². The molecule has 0 amide bonds. The average molecular weight is 296 g/mol. The second kappa shape index (κ2) is 7.35. The first-order valence-corrected chi connectivity index (χ1v) is 7.63. The molecule has 0 spiro atoms. The first-order valence-electron chi connectivity index (χ1n) is 6.47. The molecule has 0 aliphatic rings. The van der Waals surface area contributed by atoms with Crippen LogP contribution in [0, 0.1) is 6.92 Å². The zero-order valence-electron chi connectivity index (χ0n) is 12.0. The maximum atomic E-state index is 5.74. The Hall–Kier alpha value is -1.47.